The number of aliphatic hydroxyl groups is 3. The standard InChI is InChI=1S/C55H95N3O12Si2/c1-20-44-55(10,62)48(59)38(6)58(13)33-34(2)30-54(9,63-27-23-24-40-29-41-25-21-22-26-42(41)56-32-40)49(68-52-47(69-71(14,15)16)43(57(11)12)28-35(3)64-52)36(4)46(37(5)51(60)66-44)67-45-31-53(8,61)50(39(7)65-45)70-72(17,18)19/h21-26,29,32,34-39,43-50,52,59,61-62H,20,27-28,30-31,33H2,1-19H3/t34-,35-,36+,37-,38-,39+,43+,44-,45+,46+,47-,48-,49-,50+,52+,53?,54-,55-/m1/s1. The van der Waals surface area contributed by atoms with Crippen LogP contribution in [-0.4, -0.2) is 177 Å². The number of fused-ring (bicyclic) bond motifs is 1. The summed E-state index contributed by atoms with van der Waals surface area (Å²) < 4.78 is 55.4. The number of aromatic nitrogens is 1. The number of nitrogens with zero attached hydrogens (tertiary/aromatic N) is 3. The Labute approximate surface area is 434 Å². The smallest absolute Gasteiger partial charge is 0.311 e. The molecule has 3 fully saturated rings. The minimum absolute atomic E-state index is 0.0420. The molecule has 0 radical (unpaired) electrons. The van der Waals surface area contributed by atoms with Gasteiger partial charge < -0.3 is 62.4 Å². The van der Waals surface area contributed by atoms with Crippen molar-refractivity contribution in [3.05, 3.63) is 48.2 Å². The molecule has 2 aromatic rings. The van der Waals surface area contributed by atoms with Gasteiger partial charge >= 0.3 is 5.97 Å². The van der Waals surface area contributed by atoms with Gasteiger partial charge in [0.15, 0.2) is 29.2 Å². The number of hydrogen-bond donors (Lipinski definition) is 3. The van der Waals surface area contributed by atoms with Gasteiger partial charge in [-0.1, -0.05) is 51.1 Å². The number of esters is 1. The van der Waals surface area contributed by atoms with Gasteiger partial charge in [0.1, 0.15) is 23.9 Å². The number of cyclic esters (lactones) is 1. The first-order valence-corrected chi connectivity index (χ1v) is 33.4. The first kappa shape index (κ1) is 60.7. The minimum atomic E-state index is -2.22. The Bertz CT molecular complexity index is 2080. The molecule has 15 nitrogen and oxygen atoms in total. The van der Waals surface area contributed by atoms with Crippen molar-refractivity contribution in [3.63, 3.8) is 0 Å². The van der Waals surface area contributed by atoms with Crippen molar-refractivity contribution < 1.29 is 57.4 Å². The molecule has 3 aliphatic heterocycles. The fourth-order valence-electron chi connectivity index (χ4n) is 11.4. The molecule has 3 N–H and O–H groups in total. The number of carbonyl (C=O) groups is 1. The number of para-hydroxylation sites is 1. The monoisotopic (exact) mass is 1050 g/mol. The second-order valence-electron chi connectivity index (χ2n) is 24.5. The van der Waals surface area contributed by atoms with Gasteiger partial charge in [0.25, 0.3) is 0 Å². The van der Waals surface area contributed by atoms with Gasteiger partial charge in [-0.2, -0.15) is 0 Å². The third kappa shape index (κ3) is 15.5. The minimum Gasteiger partial charge on any atom is -0.459 e. The van der Waals surface area contributed by atoms with Gasteiger partial charge in [0.05, 0.1) is 59.8 Å². The van der Waals surface area contributed by atoms with E-state index < -0.39 is 113 Å². The van der Waals surface area contributed by atoms with Crippen LogP contribution in [0.4, 0.5) is 0 Å². The summed E-state index contributed by atoms with van der Waals surface area (Å²) in [6, 6.07) is 9.54. The molecule has 0 spiro atoms. The van der Waals surface area contributed by atoms with Crippen LogP contribution in [0.2, 0.25) is 39.3 Å². The van der Waals surface area contributed by atoms with E-state index in [4.69, 9.17) is 37.3 Å². The van der Waals surface area contributed by atoms with Crippen LogP contribution in [0, 0.1) is 17.8 Å². The maximum Gasteiger partial charge on any atom is 0.311 e. The van der Waals surface area contributed by atoms with Gasteiger partial charge in [0.2, 0.25) is 0 Å². The molecule has 0 amide bonds. The number of rotatable bonds is 14. The van der Waals surface area contributed by atoms with E-state index in [0.717, 1.165) is 22.9 Å². The topological polar surface area (TPSA) is 171 Å². The average molecular weight is 1050 g/mol. The van der Waals surface area contributed by atoms with Crippen molar-refractivity contribution in [3.8, 4) is 0 Å². The molecule has 1 aromatic carbocycles. The third-order valence-corrected chi connectivity index (χ3v) is 17.0. The summed E-state index contributed by atoms with van der Waals surface area (Å²) in [6.07, 6.45) is -0.485. The second-order valence-corrected chi connectivity index (χ2v) is 33.5. The van der Waals surface area contributed by atoms with Crippen LogP contribution < -0.4 is 0 Å². The molecule has 410 valence electrons. The molecule has 4 heterocycles. The van der Waals surface area contributed by atoms with Crippen molar-refractivity contribution in [2.24, 2.45) is 17.8 Å². The van der Waals surface area contributed by atoms with Crippen LogP contribution in [0.5, 0.6) is 0 Å². The lowest BCUT2D eigenvalue weighted by Crippen LogP contribution is -2.62. The molecule has 3 saturated heterocycles. The zero-order chi connectivity index (χ0) is 53.9. The van der Waals surface area contributed by atoms with Crippen LogP contribution in [0.15, 0.2) is 42.6 Å². The summed E-state index contributed by atoms with van der Waals surface area (Å²) in [5, 5.41) is 37.2. The highest BCUT2D eigenvalue weighted by atomic mass is 28.4. The first-order valence-electron chi connectivity index (χ1n) is 26.6. The number of hydrogen-bond acceptors (Lipinski definition) is 15. The summed E-state index contributed by atoms with van der Waals surface area (Å²) in [4.78, 5) is 23.8. The number of benzene rings is 1. The fourth-order valence-corrected chi connectivity index (χ4v) is 13.7. The summed E-state index contributed by atoms with van der Waals surface area (Å²) in [5.41, 5.74) is -2.42. The van der Waals surface area contributed by atoms with Crippen molar-refractivity contribution in [2.75, 3.05) is 34.3 Å². The van der Waals surface area contributed by atoms with Crippen molar-refractivity contribution in [1.29, 1.82) is 0 Å². The van der Waals surface area contributed by atoms with E-state index in [-0.39, 0.29) is 37.5 Å². The lowest BCUT2D eigenvalue weighted by Gasteiger charge is -2.51. The van der Waals surface area contributed by atoms with Gasteiger partial charge in [-0.15, -0.1) is 0 Å². The molecular formula is C55H95N3O12Si2. The maximum absolute atomic E-state index is 14.9. The van der Waals surface area contributed by atoms with E-state index in [0.29, 0.717) is 13.0 Å². The molecular weight excluding hydrogens is 951 g/mol. The molecule has 0 bridgehead atoms. The van der Waals surface area contributed by atoms with E-state index in [1.54, 1.807) is 13.8 Å². The fraction of sp³-hybridized carbons (Fsp3) is 0.782. The highest BCUT2D eigenvalue weighted by Gasteiger charge is 2.54. The van der Waals surface area contributed by atoms with Crippen molar-refractivity contribution >= 4 is 39.6 Å². The quantitative estimate of drug-likeness (QED) is 0.122. The highest BCUT2D eigenvalue weighted by Crippen LogP contribution is 2.42. The van der Waals surface area contributed by atoms with E-state index in [2.05, 4.69) is 90.1 Å². The molecule has 0 aliphatic carbocycles. The Morgan fingerprint density at radius 1 is 0.903 bits per heavy atom. The first-order chi connectivity index (χ1) is 33.3. The van der Waals surface area contributed by atoms with Gasteiger partial charge in [-0.25, -0.2) is 0 Å². The Kier molecular flexibility index (Phi) is 20.6. The van der Waals surface area contributed by atoms with Crippen LogP contribution in [0.25, 0.3) is 17.0 Å². The number of aliphatic hydroxyl groups excluding tert-OH is 1. The number of ether oxygens (including phenoxy) is 6. The average Bonchev–Trinajstić information content (AvgIpc) is 3.27. The van der Waals surface area contributed by atoms with Crippen molar-refractivity contribution in [1.82, 2.24) is 14.8 Å². The number of carbonyl (C=O) groups excluding carboxylic acids is 1. The van der Waals surface area contributed by atoms with Gasteiger partial charge in [-0.05, 0) is 152 Å². The van der Waals surface area contributed by atoms with Gasteiger partial charge in [0, 0.05) is 42.6 Å². The normalized spacial score (nSPS) is 39.8. The predicted molar refractivity (Wildman–Crippen MR) is 288 cm³/mol. The van der Waals surface area contributed by atoms with Crippen LogP contribution >= 0.6 is 0 Å². The Hall–Kier alpha value is -2.21. The Morgan fingerprint density at radius 2 is 1.56 bits per heavy atom. The Morgan fingerprint density at radius 3 is 2.17 bits per heavy atom. The van der Waals surface area contributed by atoms with Crippen LogP contribution in [0.1, 0.15) is 100 Å². The van der Waals surface area contributed by atoms with Crippen LogP contribution in [-0.2, 0) is 42.1 Å². The maximum atomic E-state index is 14.9. The number of pyridine rings is 1. The lowest BCUT2D eigenvalue weighted by molar-refractivity contribution is -0.316. The van der Waals surface area contributed by atoms with Crippen molar-refractivity contribution in [2.45, 2.75) is 225 Å². The second kappa shape index (κ2) is 24.4. The van der Waals surface area contributed by atoms with Crippen LogP contribution in [0.3, 0.4) is 0 Å². The molecule has 18 atom stereocenters. The van der Waals surface area contributed by atoms with E-state index in [9.17, 15) is 20.1 Å². The lowest BCUT2D eigenvalue weighted by atomic mass is 9.77. The predicted octanol–water partition coefficient (Wildman–Crippen LogP) is 8.25. The van der Waals surface area contributed by atoms with E-state index in [1.165, 1.54) is 6.92 Å². The zero-order valence-corrected chi connectivity index (χ0v) is 49.4. The zero-order valence-electron chi connectivity index (χ0n) is 47.4. The van der Waals surface area contributed by atoms with E-state index in [1.807, 2.05) is 82.3 Å². The SMILES string of the molecule is CC[C@H]1OC(=O)[C@H](C)[C@@H](O[C@H]2CC(C)(O)[C@@H](O[Si](C)(C)C)[C@H](C)O2)[C@H](C)[C@@H](O[C@@H]2O[C@H](C)C[C@H](N(C)C)[C@H]2O[Si](C)(C)C)[C@](C)(OCC=Cc2cnc3ccccc3c2)C[C@@H](C)CN(C)[C@H](C)[C@@H](O)[C@]1(C)O. The summed E-state index contributed by atoms with van der Waals surface area (Å²) >= 11 is 0. The summed E-state index contributed by atoms with van der Waals surface area (Å²) in [5.74, 6) is -2.34. The summed E-state index contributed by atoms with van der Waals surface area (Å²) in [7, 11) is 1.71. The molecule has 72 heavy (non-hydrogen) atoms. The molecule has 0 saturated carbocycles. The number of likely N-dealkylation sites (N-methyl/N-ethyl adjacent to an activating group) is 2. The van der Waals surface area contributed by atoms with Gasteiger partial charge in [-0.3, -0.25) is 9.78 Å². The molecule has 1 aromatic heterocycles. The molecule has 17 heteroatoms. The highest BCUT2D eigenvalue weighted by molar-refractivity contribution is 6.70. The largest absolute Gasteiger partial charge is 0.459 e. The summed E-state index contributed by atoms with van der Waals surface area (Å²) in [6.45, 7) is 32.4. The molecule has 1 unspecified atom stereocenters. The van der Waals surface area contributed by atoms with E-state index >= 15 is 0 Å². The molecule has 3 aliphatic rings. The molecule has 5 rings (SSSR count). The Balaban J connectivity index is 1.70. The third-order valence-electron chi connectivity index (χ3n) is 15.1.